The van der Waals surface area contributed by atoms with Crippen LogP contribution in [0.3, 0.4) is 0 Å². The molecule has 17 heavy (non-hydrogen) atoms. The third-order valence-electron chi connectivity index (χ3n) is 1.91. The number of halogens is 2. The molecule has 0 saturated heterocycles. The summed E-state index contributed by atoms with van der Waals surface area (Å²) in [5.74, 6) is -0.215. The van der Waals surface area contributed by atoms with Crippen LogP contribution in [0.5, 0.6) is 11.5 Å². The SMILES string of the molecule is CCOc1cc(OC(F)F)c(C=O)cc1C=O. The maximum absolute atomic E-state index is 12.1. The van der Waals surface area contributed by atoms with Gasteiger partial charge in [-0.3, -0.25) is 9.59 Å². The molecule has 6 heteroatoms. The van der Waals surface area contributed by atoms with Crippen LogP contribution in [-0.4, -0.2) is 25.8 Å². The lowest BCUT2D eigenvalue weighted by Gasteiger charge is -2.11. The fourth-order valence-electron chi connectivity index (χ4n) is 1.26. The molecule has 0 heterocycles. The molecule has 0 atom stereocenters. The van der Waals surface area contributed by atoms with E-state index in [-0.39, 0.29) is 29.2 Å². The second-order valence-electron chi connectivity index (χ2n) is 2.98. The summed E-state index contributed by atoms with van der Waals surface area (Å²) in [5.41, 5.74) is -0.0218. The largest absolute Gasteiger partial charge is 0.493 e. The summed E-state index contributed by atoms with van der Waals surface area (Å²) in [6.07, 6.45) is 0.810. The second kappa shape index (κ2) is 5.93. The lowest BCUT2D eigenvalue weighted by molar-refractivity contribution is -0.0501. The molecule has 0 fully saturated rings. The summed E-state index contributed by atoms with van der Waals surface area (Å²) in [6, 6.07) is 2.24. The Labute approximate surface area is 96.1 Å². The number of ether oxygens (including phenoxy) is 2. The summed E-state index contributed by atoms with van der Waals surface area (Å²) < 4.78 is 33.4. The van der Waals surface area contributed by atoms with Gasteiger partial charge in [0.2, 0.25) is 0 Å². The maximum Gasteiger partial charge on any atom is 0.387 e. The van der Waals surface area contributed by atoms with Gasteiger partial charge in [-0.2, -0.15) is 8.78 Å². The van der Waals surface area contributed by atoms with E-state index >= 15 is 0 Å². The molecule has 4 nitrogen and oxygen atoms in total. The summed E-state index contributed by atoms with van der Waals surface area (Å²) in [6.45, 7) is -1.11. The van der Waals surface area contributed by atoms with Crippen molar-refractivity contribution in [2.45, 2.75) is 13.5 Å². The van der Waals surface area contributed by atoms with Gasteiger partial charge in [-0.15, -0.1) is 0 Å². The van der Waals surface area contributed by atoms with Gasteiger partial charge in [-0.1, -0.05) is 0 Å². The predicted octanol–water partition coefficient (Wildman–Crippen LogP) is 2.31. The number of benzene rings is 1. The Morgan fingerprint density at radius 2 is 1.76 bits per heavy atom. The lowest BCUT2D eigenvalue weighted by Crippen LogP contribution is -2.06. The number of carbonyl (C=O) groups excluding carboxylic acids is 2. The van der Waals surface area contributed by atoms with Gasteiger partial charge >= 0.3 is 6.61 Å². The molecule has 0 aliphatic heterocycles. The second-order valence-corrected chi connectivity index (χ2v) is 2.98. The van der Waals surface area contributed by atoms with E-state index < -0.39 is 6.61 Å². The average molecular weight is 244 g/mol. The van der Waals surface area contributed by atoms with Crippen LogP contribution in [0.2, 0.25) is 0 Å². The van der Waals surface area contributed by atoms with Gasteiger partial charge in [0, 0.05) is 6.07 Å². The van der Waals surface area contributed by atoms with Gasteiger partial charge in [-0.25, -0.2) is 0 Å². The van der Waals surface area contributed by atoms with Gasteiger partial charge < -0.3 is 9.47 Å². The van der Waals surface area contributed by atoms with Crippen molar-refractivity contribution >= 4 is 12.6 Å². The quantitative estimate of drug-likeness (QED) is 0.720. The molecule has 0 bridgehead atoms. The number of carbonyl (C=O) groups is 2. The Kier molecular flexibility index (Phi) is 4.56. The van der Waals surface area contributed by atoms with Gasteiger partial charge in [0.25, 0.3) is 0 Å². The molecular weight excluding hydrogens is 234 g/mol. The molecule has 0 unspecified atom stereocenters. The van der Waals surface area contributed by atoms with Crippen LogP contribution < -0.4 is 9.47 Å². The first kappa shape index (κ1) is 13.1. The highest BCUT2D eigenvalue weighted by molar-refractivity contribution is 5.87. The van der Waals surface area contributed by atoms with E-state index in [4.69, 9.17) is 4.74 Å². The molecular formula is C11H10F2O4. The molecule has 1 aromatic rings. The van der Waals surface area contributed by atoms with Gasteiger partial charge in [-0.05, 0) is 13.0 Å². The molecule has 0 radical (unpaired) electrons. The summed E-state index contributed by atoms with van der Waals surface area (Å²) in [7, 11) is 0. The highest BCUT2D eigenvalue weighted by Gasteiger charge is 2.14. The van der Waals surface area contributed by atoms with Crippen LogP contribution in [0.4, 0.5) is 8.78 Å². The Hall–Kier alpha value is -1.98. The minimum Gasteiger partial charge on any atom is -0.493 e. The Bertz CT molecular complexity index is 418. The predicted molar refractivity (Wildman–Crippen MR) is 55.0 cm³/mol. The topological polar surface area (TPSA) is 52.6 Å². The van der Waals surface area contributed by atoms with Crippen molar-refractivity contribution < 1.29 is 27.8 Å². The molecule has 0 aliphatic carbocycles. The van der Waals surface area contributed by atoms with Crippen molar-refractivity contribution in [3.8, 4) is 11.5 Å². The van der Waals surface area contributed by atoms with Crippen molar-refractivity contribution in [1.82, 2.24) is 0 Å². The van der Waals surface area contributed by atoms with Crippen molar-refractivity contribution in [2.24, 2.45) is 0 Å². The first-order valence-corrected chi connectivity index (χ1v) is 4.78. The monoisotopic (exact) mass is 244 g/mol. The van der Waals surface area contributed by atoms with Gasteiger partial charge in [0.1, 0.15) is 11.5 Å². The molecule has 1 rings (SSSR count). The summed E-state index contributed by atoms with van der Waals surface area (Å²) in [4.78, 5) is 21.4. The Morgan fingerprint density at radius 3 is 2.24 bits per heavy atom. The first-order valence-electron chi connectivity index (χ1n) is 4.78. The third kappa shape index (κ3) is 3.24. The van der Waals surface area contributed by atoms with Crippen LogP contribution in [0.25, 0.3) is 0 Å². The van der Waals surface area contributed by atoms with Crippen LogP contribution >= 0.6 is 0 Å². The maximum atomic E-state index is 12.1. The molecule has 0 N–H and O–H groups in total. The van der Waals surface area contributed by atoms with E-state index in [1.807, 2.05) is 0 Å². The Balaban J connectivity index is 3.22. The average Bonchev–Trinajstić information content (AvgIpc) is 2.29. The number of alkyl halides is 2. The third-order valence-corrected chi connectivity index (χ3v) is 1.91. The van der Waals surface area contributed by atoms with E-state index in [1.54, 1.807) is 6.92 Å². The summed E-state index contributed by atoms with van der Waals surface area (Å²) in [5, 5.41) is 0. The molecule has 0 aromatic heterocycles. The highest BCUT2D eigenvalue weighted by Crippen LogP contribution is 2.28. The van der Waals surface area contributed by atoms with E-state index in [0.717, 1.165) is 12.1 Å². The van der Waals surface area contributed by atoms with Crippen molar-refractivity contribution in [1.29, 1.82) is 0 Å². The highest BCUT2D eigenvalue weighted by atomic mass is 19.3. The number of hydrogen-bond acceptors (Lipinski definition) is 4. The minimum atomic E-state index is -3.05. The fraction of sp³-hybridized carbons (Fsp3) is 0.273. The van der Waals surface area contributed by atoms with Gasteiger partial charge in [0.15, 0.2) is 12.6 Å². The number of hydrogen-bond donors (Lipinski definition) is 0. The van der Waals surface area contributed by atoms with Crippen LogP contribution in [-0.2, 0) is 0 Å². The molecule has 0 aliphatic rings. The summed E-state index contributed by atoms with van der Waals surface area (Å²) >= 11 is 0. The van der Waals surface area contributed by atoms with Crippen molar-refractivity contribution in [3.05, 3.63) is 23.3 Å². The zero-order valence-corrected chi connectivity index (χ0v) is 8.98. The van der Waals surface area contributed by atoms with Crippen molar-refractivity contribution in [2.75, 3.05) is 6.61 Å². The molecule has 0 saturated carbocycles. The van der Waals surface area contributed by atoms with E-state index in [1.165, 1.54) is 0 Å². The molecule has 0 spiro atoms. The van der Waals surface area contributed by atoms with E-state index in [2.05, 4.69) is 4.74 Å². The van der Waals surface area contributed by atoms with Crippen LogP contribution in [0.15, 0.2) is 12.1 Å². The normalized spacial score (nSPS) is 10.1. The van der Waals surface area contributed by atoms with E-state index in [0.29, 0.717) is 12.6 Å². The minimum absolute atomic E-state index is 0.101. The number of aldehydes is 2. The number of rotatable bonds is 6. The van der Waals surface area contributed by atoms with Crippen LogP contribution in [0.1, 0.15) is 27.6 Å². The lowest BCUT2D eigenvalue weighted by atomic mass is 10.1. The zero-order valence-electron chi connectivity index (χ0n) is 8.98. The molecule has 1 aromatic carbocycles. The first-order chi connectivity index (χ1) is 8.12. The van der Waals surface area contributed by atoms with E-state index in [9.17, 15) is 18.4 Å². The smallest absolute Gasteiger partial charge is 0.387 e. The molecule has 0 amide bonds. The Morgan fingerprint density at radius 1 is 1.18 bits per heavy atom. The standard InChI is InChI=1S/C11H10F2O4/c1-2-16-9-4-10(17-11(12)13)8(6-15)3-7(9)5-14/h3-6,11H,2H2,1H3. The van der Waals surface area contributed by atoms with Crippen molar-refractivity contribution in [3.63, 3.8) is 0 Å². The molecule has 92 valence electrons. The fourth-order valence-corrected chi connectivity index (χ4v) is 1.26. The van der Waals surface area contributed by atoms with Gasteiger partial charge in [0.05, 0.1) is 17.7 Å². The zero-order chi connectivity index (χ0) is 12.8. The van der Waals surface area contributed by atoms with Crippen LogP contribution in [0, 0.1) is 0 Å².